The van der Waals surface area contributed by atoms with Gasteiger partial charge >= 0.3 is 0 Å². The number of methoxy groups -OCH3 is 1. The fraction of sp³-hybridized carbons (Fsp3) is 0.111. The van der Waals surface area contributed by atoms with Gasteiger partial charge in [-0.05, 0) is 83.6 Å². The monoisotopic (exact) mass is 433 g/mol. The lowest BCUT2D eigenvalue weighted by atomic mass is 10.2. The molecule has 0 saturated heterocycles. The van der Waals surface area contributed by atoms with Gasteiger partial charge in [0.2, 0.25) is 0 Å². The van der Waals surface area contributed by atoms with Crippen LogP contribution in [0.15, 0.2) is 54.7 Å². The average Bonchev–Trinajstić information content (AvgIpc) is 3.07. The van der Waals surface area contributed by atoms with E-state index < -0.39 is 0 Å². The van der Waals surface area contributed by atoms with Crippen LogP contribution in [0.4, 0.5) is 5.69 Å². The predicted octanol–water partition coefficient (Wildman–Crippen LogP) is 4.05. The lowest BCUT2D eigenvalue weighted by molar-refractivity contribution is 0.102. The molecule has 1 aromatic heterocycles. The van der Waals surface area contributed by atoms with E-state index in [2.05, 4.69) is 33.0 Å². The van der Waals surface area contributed by atoms with Crippen LogP contribution < -0.4 is 10.1 Å². The molecule has 3 aromatic rings. The van der Waals surface area contributed by atoms with Crippen molar-refractivity contribution in [3.63, 3.8) is 0 Å². The fourth-order valence-corrected chi connectivity index (χ4v) is 2.92. The first kappa shape index (κ1) is 16.5. The number of ether oxygens (including phenoxy) is 1. The number of rotatable bonds is 4. The summed E-state index contributed by atoms with van der Waals surface area (Å²) in [5.41, 5.74) is 3.04. The summed E-state index contributed by atoms with van der Waals surface area (Å²) in [5.74, 6) is 0.546. The Labute approximate surface area is 153 Å². The molecule has 24 heavy (non-hydrogen) atoms. The van der Waals surface area contributed by atoms with Crippen molar-refractivity contribution in [3.05, 3.63) is 69.6 Å². The van der Waals surface area contributed by atoms with Gasteiger partial charge in [-0.3, -0.25) is 4.79 Å². The molecule has 0 fully saturated rings. The Morgan fingerprint density at radius 3 is 2.58 bits per heavy atom. The summed E-state index contributed by atoms with van der Waals surface area (Å²) in [6.07, 6.45) is 1.76. The first-order valence-corrected chi connectivity index (χ1v) is 8.42. The van der Waals surface area contributed by atoms with Crippen LogP contribution in [0, 0.1) is 10.5 Å². The van der Waals surface area contributed by atoms with Crippen LogP contribution >= 0.6 is 22.6 Å². The molecule has 0 bridgehead atoms. The number of halogens is 1. The van der Waals surface area contributed by atoms with Gasteiger partial charge in [-0.15, -0.1) is 0 Å². The quantitative estimate of drug-likeness (QED) is 0.632. The Balaban J connectivity index is 1.77. The summed E-state index contributed by atoms with van der Waals surface area (Å²) >= 11 is 2.24. The van der Waals surface area contributed by atoms with Crippen molar-refractivity contribution in [1.82, 2.24) is 9.78 Å². The zero-order chi connectivity index (χ0) is 17.1. The van der Waals surface area contributed by atoms with Crippen molar-refractivity contribution in [2.24, 2.45) is 0 Å². The molecule has 0 spiro atoms. The van der Waals surface area contributed by atoms with Gasteiger partial charge in [0.25, 0.3) is 5.91 Å². The summed E-state index contributed by atoms with van der Waals surface area (Å²) in [6, 6.07) is 15.0. The Morgan fingerprint density at radius 1 is 1.17 bits per heavy atom. The van der Waals surface area contributed by atoms with E-state index in [1.165, 1.54) is 0 Å². The minimum atomic E-state index is -0.230. The van der Waals surface area contributed by atoms with Gasteiger partial charge < -0.3 is 10.1 Å². The van der Waals surface area contributed by atoms with Crippen LogP contribution in [0.5, 0.6) is 5.75 Å². The molecule has 0 aliphatic rings. The lowest BCUT2D eigenvalue weighted by Gasteiger charge is -2.07. The molecule has 1 amide bonds. The van der Waals surface area contributed by atoms with Crippen molar-refractivity contribution in [1.29, 1.82) is 0 Å². The SMILES string of the molecule is COc1ccc(-n2ccc(C(=O)Nc3ccc(I)cc3C)n2)cc1. The number of hydrogen-bond acceptors (Lipinski definition) is 3. The van der Waals surface area contributed by atoms with Crippen LogP contribution in [-0.2, 0) is 0 Å². The second-order valence-corrected chi connectivity index (χ2v) is 6.50. The summed E-state index contributed by atoms with van der Waals surface area (Å²) in [6.45, 7) is 1.97. The highest BCUT2D eigenvalue weighted by Crippen LogP contribution is 2.19. The molecule has 5 nitrogen and oxygen atoms in total. The average molecular weight is 433 g/mol. The summed E-state index contributed by atoms with van der Waals surface area (Å²) in [7, 11) is 1.62. The number of amides is 1. The van der Waals surface area contributed by atoms with E-state index in [1.54, 1.807) is 24.1 Å². The molecule has 1 N–H and O–H groups in total. The van der Waals surface area contributed by atoms with Gasteiger partial charge in [0.05, 0.1) is 12.8 Å². The standard InChI is InChI=1S/C18H16IN3O2/c1-12-11-13(19)3-8-16(12)20-18(23)17-9-10-22(21-17)14-4-6-15(24-2)7-5-14/h3-11H,1-2H3,(H,20,23). The second-order valence-electron chi connectivity index (χ2n) is 5.26. The maximum Gasteiger partial charge on any atom is 0.276 e. The third kappa shape index (κ3) is 3.59. The molecule has 2 aromatic carbocycles. The van der Waals surface area contributed by atoms with Crippen molar-refractivity contribution >= 4 is 34.2 Å². The zero-order valence-corrected chi connectivity index (χ0v) is 15.4. The van der Waals surface area contributed by atoms with E-state index in [-0.39, 0.29) is 5.91 Å². The van der Waals surface area contributed by atoms with Gasteiger partial charge in [0.1, 0.15) is 5.75 Å². The Bertz CT molecular complexity index is 872. The van der Waals surface area contributed by atoms with E-state index in [4.69, 9.17) is 4.74 Å². The largest absolute Gasteiger partial charge is 0.497 e. The normalized spacial score (nSPS) is 10.5. The van der Waals surface area contributed by atoms with Gasteiger partial charge in [0.15, 0.2) is 5.69 Å². The van der Waals surface area contributed by atoms with Crippen molar-refractivity contribution in [2.45, 2.75) is 6.92 Å². The maximum atomic E-state index is 12.4. The van der Waals surface area contributed by atoms with E-state index in [1.807, 2.05) is 49.4 Å². The van der Waals surface area contributed by atoms with E-state index in [0.717, 1.165) is 26.3 Å². The number of aromatic nitrogens is 2. The van der Waals surface area contributed by atoms with Crippen molar-refractivity contribution in [2.75, 3.05) is 12.4 Å². The van der Waals surface area contributed by atoms with E-state index in [9.17, 15) is 4.79 Å². The smallest absolute Gasteiger partial charge is 0.276 e. The third-order valence-corrected chi connectivity index (χ3v) is 4.27. The van der Waals surface area contributed by atoms with Crippen LogP contribution in [0.2, 0.25) is 0 Å². The van der Waals surface area contributed by atoms with Crippen LogP contribution in [0.1, 0.15) is 16.1 Å². The summed E-state index contributed by atoms with van der Waals surface area (Å²) in [4.78, 5) is 12.4. The molecule has 6 heteroatoms. The predicted molar refractivity (Wildman–Crippen MR) is 102 cm³/mol. The van der Waals surface area contributed by atoms with E-state index in [0.29, 0.717) is 5.69 Å². The van der Waals surface area contributed by atoms with Crippen LogP contribution in [0.3, 0.4) is 0 Å². The molecule has 1 heterocycles. The highest BCUT2D eigenvalue weighted by atomic mass is 127. The molecule has 0 atom stereocenters. The highest BCUT2D eigenvalue weighted by Gasteiger charge is 2.12. The molecule has 3 rings (SSSR count). The van der Waals surface area contributed by atoms with Gasteiger partial charge in [-0.25, -0.2) is 4.68 Å². The molecule has 0 unspecified atom stereocenters. The van der Waals surface area contributed by atoms with Gasteiger partial charge in [0, 0.05) is 15.5 Å². The number of anilines is 1. The number of aryl methyl sites for hydroxylation is 1. The third-order valence-electron chi connectivity index (χ3n) is 3.60. The fourth-order valence-electron chi connectivity index (χ4n) is 2.28. The lowest BCUT2D eigenvalue weighted by Crippen LogP contribution is -2.14. The molecule has 122 valence electrons. The molecule has 0 radical (unpaired) electrons. The topological polar surface area (TPSA) is 56.1 Å². The second kappa shape index (κ2) is 7.04. The minimum Gasteiger partial charge on any atom is -0.497 e. The first-order valence-electron chi connectivity index (χ1n) is 7.34. The molecule has 0 aliphatic heterocycles. The van der Waals surface area contributed by atoms with Crippen LogP contribution in [0.25, 0.3) is 5.69 Å². The minimum absolute atomic E-state index is 0.230. The molecular weight excluding hydrogens is 417 g/mol. The van der Waals surface area contributed by atoms with Gasteiger partial charge in [-0.2, -0.15) is 5.10 Å². The number of nitrogens with one attached hydrogen (secondary N) is 1. The number of benzene rings is 2. The Morgan fingerprint density at radius 2 is 1.92 bits per heavy atom. The number of carbonyl (C=O) groups excluding carboxylic acids is 1. The molecular formula is C18H16IN3O2. The number of hydrogen-bond donors (Lipinski definition) is 1. The Hall–Kier alpha value is -2.35. The first-order chi connectivity index (χ1) is 11.6. The summed E-state index contributed by atoms with van der Waals surface area (Å²) in [5, 5.41) is 7.24. The molecule has 0 saturated carbocycles. The maximum absolute atomic E-state index is 12.4. The number of carbonyl (C=O) groups is 1. The van der Waals surface area contributed by atoms with Gasteiger partial charge in [-0.1, -0.05) is 0 Å². The molecule has 0 aliphatic carbocycles. The van der Waals surface area contributed by atoms with Crippen molar-refractivity contribution in [3.8, 4) is 11.4 Å². The Kier molecular flexibility index (Phi) is 4.84. The van der Waals surface area contributed by atoms with Crippen LogP contribution in [-0.4, -0.2) is 22.8 Å². The van der Waals surface area contributed by atoms with Crippen molar-refractivity contribution < 1.29 is 9.53 Å². The number of nitrogens with zero attached hydrogens (tertiary/aromatic N) is 2. The summed E-state index contributed by atoms with van der Waals surface area (Å²) < 4.78 is 7.93. The van der Waals surface area contributed by atoms with E-state index >= 15 is 0 Å². The highest BCUT2D eigenvalue weighted by molar-refractivity contribution is 14.1. The zero-order valence-electron chi connectivity index (χ0n) is 13.3.